The number of nitrogens with zero attached hydrogens (tertiary/aromatic N) is 5. The van der Waals surface area contributed by atoms with Crippen LogP contribution in [0.3, 0.4) is 0 Å². The lowest BCUT2D eigenvalue weighted by Gasteiger charge is -2.26. The maximum Gasteiger partial charge on any atom is 0.247 e. The van der Waals surface area contributed by atoms with Crippen molar-refractivity contribution < 1.29 is 9.53 Å². The summed E-state index contributed by atoms with van der Waals surface area (Å²) in [4.78, 5) is 25.4. The van der Waals surface area contributed by atoms with Crippen molar-refractivity contribution in [2.75, 3.05) is 56.9 Å². The monoisotopic (exact) mass is 499 g/mol. The molecule has 37 heavy (non-hydrogen) atoms. The molecule has 0 aliphatic heterocycles. The molecule has 0 radical (unpaired) electrons. The number of carbonyl (C=O) groups excluding carboxylic acids is 1. The van der Waals surface area contributed by atoms with Crippen LogP contribution in [0.4, 0.5) is 22.9 Å². The van der Waals surface area contributed by atoms with Crippen LogP contribution in [-0.2, 0) is 11.8 Å². The van der Waals surface area contributed by atoms with Gasteiger partial charge in [-0.05, 0) is 56.1 Å². The molecule has 4 rings (SSSR count). The van der Waals surface area contributed by atoms with Gasteiger partial charge in [0.05, 0.1) is 24.2 Å². The number of likely N-dealkylation sites (N-methyl/N-ethyl adjacent to an activating group) is 2. The number of fused-ring (bicyclic) bond motifs is 1. The van der Waals surface area contributed by atoms with Gasteiger partial charge in [0.25, 0.3) is 0 Å². The van der Waals surface area contributed by atoms with Crippen LogP contribution >= 0.6 is 0 Å². The molecule has 2 N–H and O–H groups in total. The molecule has 9 nitrogen and oxygen atoms in total. The lowest BCUT2D eigenvalue weighted by molar-refractivity contribution is -0.111. The molecule has 0 unspecified atom stereocenters. The summed E-state index contributed by atoms with van der Waals surface area (Å²) in [6, 6.07) is 11.7. The summed E-state index contributed by atoms with van der Waals surface area (Å²) in [6.07, 6.45) is 6.88. The Morgan fingerprint density at radius 2 is 1.92 bits per heavy atom. The van der Waals surface area contributed by atoms with E-state index in [2.05, 4.69) is 49.2 Å². The van der Waals surface area contributed by atoms with E-state index in [1.54, 1.807) is 19.5 Å². The number of anilines is 4. The van der Waals surface area contributed by atoms with Gasteiger partial charge in [-0.2, -0.15) is 0 Å². The highest BCUT2D eigenvalue weighted by Gasteiger charge is 2.17. The van der Waals surface area contributed by atoms with E-state index in [9.17, 15) is 4.79 Å². The van der Waals surface area contributed by atoms with Gasteiger partial charge in [-0.25, -0.2) is 9.97 Å². The van der Waals surface area contributed by atoms with Crippen molar-refractivity contribution in [1.29, 1.82) is 0 Å². The molecule has 9 heteroatoms. The fourth-order valence-electron chi connectivity index (χ4n) is 4.15. The summed E-state index contributed by atoms with van der Waals surface area (Å²) < 4.78 is 7.74. The van der Waals surface area contributed by atoms with E-state index < -0.39 is 0 Å². The van der Waals surface area contributed by atoms with Gasteiger partial charge in [-0.1, -0.05) is 6.58 Å². The van der Waals surface area contributed by atoms with E-state index in [0.29, 0.717) is 22.9 Å². The first-order valence-corrected chi connectivity index (χ1v) is 12.0. The molecule has 0 saturated heterocycles. The predicted molar refractivity (Wildman–Crippen MR) is 151 cm³/mol. The van der Waals surface area contributed by atoms with E-state index in [1.165, 1.54) is 6.08 Å². The first kappa shape index (κ1) is 25.7. The molecule has 0 fully saturated rings. The minimum atomic E-state index is -0.289. The molecule has 0 bridgehead atoms. The highest BCUT2D eigenvalue weighted by atomic mass is 16.5. The Balaban J connectivity index is 1.71. The molecule has 4 aromatic rings. The summed E-state index contributed by atoms with van der Waals surface area (Å²) in [7, 11) is 9.65. The molecule has 1 amide bonds. The minimum Gasteiger partial charge on any atom is -0.494 e. The number of rotatable bonds is 10. The van der Waals surface area contributed by atoms with Gasteiger partial charge in [0.2, 0.25) is 5.91 Å². The number of aryl methyl sites for hydroxylation is 1. The summed E-state index contributed by atoms with van der Waals surface area (Å²) in [5.74, 6) is 0.985. The standard InChI is InChI=1S/C28H33N7O2/c1-7-27(36)32-22-16-23(25(37-6)17-24(22)34(4)14-13-33(2)3)31-26-15-19(10-12-29-26)21-18-35(5)28-20(21)9-8-11-30-28/h7-12,15-18H,1,13-14H2,2-6H3,(H,29,31)(H,32,36). The van der Waals surface area contributed by atoms with Crippen LogP contribution in [0.5, 0.6) is 5.75 Å². The number of ether oxygens (including phenoxy) is 1. The number of hydrogen-bond donors (Lipinski definition) is 2. The van der Waals surface area contributed by atoms with Gasteiger partial charge in [0.15, 0.2) is 0 Å². The van der Waals surface area contributed by atoms with Gasteiger partial charge in [-0.3, -0.25) is 4.79 Å². The molecule has 0 aliphatic rings. The normalized spacial score (nSPS) is 11.0. The highest BCUT2D eigenvalue weighted by Crippen LogP contribution is 2.38. The third-order valence-electron chi connectivity index (χ3n) is 6.12. The first-order chi connectivity index (χ1) is 17.8. The largest absolute Gasteiger partial charge is 0.494 e. The Kier molecular flexibility index (Phi) is 7.74. The maximum atomic E-state index is 12.2. The van der Waals surface area contributed by atoms with Gasteiger partial charge in [0, 0.05) is 62.8 Å². The smallest absolute Gasteiger partial charge is 0.247 e. The summed E-state index contributed by atoms with van der Waals surface area (Å²) in [5, 5.41) is 7.37. The average molecular weight is 500 g/mol. The SMILES string of the molecule is C=CC(=O)Nc1cc(Nc2cc(-c3cn(C)c4ncccc34)ccn2)c(OC)cc1N(C)CCN(C)C. The van der Waals surface area contributed by atoms with Crippen LogP contribution in [0.1, 0.15) is 0 Å². The van der Waals surface area contributed by atoms with Crippen LogP contribution in [0, 0.1) is 0 Å². The average Bonchev–Trinajstić information content (AvgIpc) is 3.24. The Labute approximate surface area is 217 Å². The van der Waals surface area contributed by atoms with E-state index in [-0.39, 0.29) is 5.91 Å². The van der Waals surface area contributed by atoms with Gasteiger partial charge < -0.3 is 29.7 Å². The van der Waals surface area contributed by atoms with E-state index in [4.69, 9.17) is 4.74 Å². The van der Waals surface area contributed by atoms with Gasteiger partial charge in [0.1, 0.15) is 17.2 Å². The number of methoxy groups -OCH3 is 1. The zero-order valence-electron chi connectivity index (χ0n) is 21.9. The molecule has 3 heterocycles. The van der Waals surface area contributed by atoms with Gasteiger partial charge >= 0.3 is 0 Å². The van der Waals surface area contributed by atoms with Crippen LogP contribution in [0.2, 0.25) is 0 Å². The number of pyridine rings is 2. The van der Waals surface area contributed by atoms with Crippen molar-refractivity contribution in [2.24, 2.45) is 7.05 Å². The molecular weight excluding hydrogens is 466 g/mol. The number of hydrogen-bond acceptors (Lipinski definition) is 7. The summed E-state index contributed by atoms with van der Waals surface area (Å²) in [5.41, 5.74) is 5.16. The Bertz CT molecular complexity index is 1430. The first-order valence-electron chi connectivity index (χ1n) is 12.0. The molecule has 192 valence electrons. The zero-order valence-corrected chi connectivity index (χ0v) is 21.9. The van der Waals surface area contributed by atoms with Crippen molar-refractivity contribution in [1.82, 2.24) is 19.4 Å². The zero-order chi connectivity index (χ0) is 26.5. The second kappa shape index (κ2) is 11.1. The summed E-state index contributed by atoms with van der Waals surface area (Å²) >= 11 is 0. The fourth-order valence-corrected chi connectivity index (χ4v) is 4.15. The lowest BCUT2D eigenvalue weighted by Crippen LogP contribution is -2.29. The third kappa shape index (κ3) is 5.73. The van der Waals surface area contributed by atoms with Crippen molar-refractivity contribution in [3.63, 3.8) is 0 Å². The van der Waals surface area contributed by atoms with Crippen molar-refractivity contribution >= 4 is 39.8 Å². The molecule has 0 atom stereocenters. The quantitative estimate of drug-likeness (QED) is 0.311. The Morgan fingerprint density at radius 1 is 1.11 bits per heavy atom. The Morgan fingerprint density at radius 3 is 2.65 bits per heavy atom. The van der Waals surface area contributed by atoms with E-state index in [0.717, 1.165) is 40.9 Å². The molecule has 0 spiro atoms. The molecule has 1 aromatic carbocycles. The minimum absolute atomic E-state index is 0.289. The highest BCUT2D eigenvalue weighted by molar-refractivity contribution is 6.02. The molecule has 0 aliphatic carbocycles. The second-order valence-electron chi connectivity index (χ2n) is 9.07. The Hall–Kier alpha value is -4.37. The predicted octanol–water partition coefficient (Wildman–Crippen LogP) is 4.51. The van der Waals surface area contributed by atoms with Crippen LogP contribution in [0.15, 0.2) is 67.6 Å². The maximum absolute atomic E-state index is 12.2. The number of aromatic nitrogens is 3. The van der Waals surface area contributed by atoms with E-state index >= 15 is 0 Å². The number of benzene rings is 1. The lowest BCUT2D eigenvalue weighted by atomic mass is 10.1. The van der Waals surface area contributed by atoms with Gasteiger partial charge in [-0.15, -0.1) is 0 Å². The van der Waals surface area contributed by atoms with E-state index in [1.807, 2.05) is 63.1 Å². The topological polar surface area (TPSA) is 87.5 Å². The van der Waals surface area contributed by atoms with Crippen molar-refractivity contribution in [3.8, 4) is 16.9 Å². The van der Waals surface area contributed by atoms with Crippen LogP contribution in [-0.4, -0.2) is 66.7 Å². The third-order valence-corrected chi connectivity index (χ3v) is 6.12. The fraction of sp³-hybridized carbons (Fsp3) is 0.250. The summed E-state index contributed by atoms with van der Waals surface area (Å²) in [6.45, 7) is 5.21. The molecular formula is C28H33N7O2. The second-order valence-corrected chi connectivity index (χ2v) is 9.07. The number of nitrogens with one attached hydrogen (secondary N) is 2. The van der Waals surface area contributed by atoms with Crippen molar-refractivity contribution in [2.45, 2.75) is 0 Å². The van der Waals surface area contributed by atoms with Crippen LogP contribution < -0.4 is 20.3 Å². The number of amides is 1. The van der Waals surface area contributed by atoms with Crippen molar-refractivity contribution in [3.05, 3.63) is 67.6 Å². The molecule has 3 aromatic heterocycles. The molecule has 0 saturated carbocycles. The van der Waals surface area contributed by atoms with Crippen LogP contribution in [0.25, 0.3) is 22.2 Å². The number of carbonyl (C=O) groups is 1.